The first-order valence-corrected chi connectivity index (χ1v) is 17.5. The minimum Gasteiger partial charge on any atom is -0.465 e. The quantitative estimate of drug-likeness (QED) is 0.149. The number of ether oxygens (including phenoxy) is 1. The standard InChI is InChI=1S/C33H39N7O6S/c1-32(2)28(23-5-7-24(8-6-23)31(41)46-4)9-11-33(3)22-38(12-10-29(32)33)26-19-25(20-27(21-26)40(42)43)30-34-35-36-39(30)14-13-37-15-17-47(44,45)18-16-37/h5-10,19-21H,11-18,22H2,1-4H3/t33-/m1/s1. The van der Waals surface area contributed by atoms with E-state index in [-0.39, 0.29) is 34.0 Å². The third kappa shape index (κ3) is 6.44. The number of nitrogens with zero attached hydrogens (tertiary/aromatic N) is 7. The molecule has 0 radical (unpaired) electrons. The molecule has 14 heteroatoms. The van der Waals surface area contributed by atoms with Gasteiger partial charge in [0, 0.05) is 66.9 Å². The number of allylic oxidation sites excluding steroid dienone is 2. The minimum absolute atomic E-state index is 0.0465. The van der Waals surface area contributed by atoms with E-state index in [4.69, 9.17) is 4.74 Å². The van der Waals surface area contributed by atoms with Gasteiger partial charge in [-0.25, -0.2) is 17.9 Å². The van der Waals surface area contributed by atoms with E-state index in [0.29, 0.717) is 61.9 Å². The predicted molar refractivity (Wildman–Crippen MR) is 178 cm³/mol. The number of sulfone groups is 1. The fourth-order valence-electron chi connectivity index (χ4n) is 7.29. The molecule has 1 aliphatic carbocycles. The first-order valence-electron chi connectivity index (χ1n) is 15.6. The van der Waals surface area contributed by atoms with Gasteiger partial charge < -0.3 is 9.64 Å². The van der Waals surface area contributed by atoms with Crippen LogP contribution in [-0.2, 0) is 21.1 Å². The molecule has 1 aromatic heterocycles. The molecular formula is C33H39N7O6S. The molecule has 1 saturated heterocycles. The average molecular weight is 662 g/mol. The van der Waals surface area contributed by atoms with Crippen molar-refractivity contribution < 1.29 is 22.9 Å². The molecule has 0 amide bonds. The molecule has 0 saturated carbocycles. The molecule has 1 atom stereocenters. The van der Waals surface area contributed by atoms with E-state index in [1.165, 1.54) is 24.3 Å². The number of tetrazole rings is 1. The SMILES string of the molecule is COC(=O)c1ccc(C2=CC[C@]3(C)CN(c4cc(-c5nnnn5CCN5CCS(=O)(=O)CC5)cc([N+](=O)[O-])c4)CC=C3C2(C)C)cc1. The summed E-state index contributed by atoms with van der Waals surface area (Å²) in [5.74, 6) is 0.317. The second-order valence-corrected chi connectivity index (χ2v) is 15.6. The number of nitro groups is 1. The van der Waals surface area contributed by atoms with Crippen molar-refractivity contribution in [3.05, 3.63) is 81.4 Å². The highest BCUT2D eigenvalue weighted by Gasteiger charge is 2.46. The molecule has 0 unspecified atom stereocenters. The number of esters is 1. The second-order valence-electron chi connectivity index (χ2n) is 13.3. The molecule has 1 fully saturated rings. The van der Waals surface area contributed by atoms with Crippen LogP contribution in [-0.4, -0.2) is 95.8 Å². The molecule has 248 valence electrons. The van der Waals surface area contributed by atoms with Gasteiger partial charge in [0.2, 0.25) is 0 Å². The zero-order valence-electron chi connectivity index (χ0n) is 27.0. The third-order valence-electron chi connectivity index (χ3n) is 9.76. The van der Waals surface area contributed by atoms with Gasteiger partial charge in [-0.2, -0.15) is 0 Å². The Morgan fingerprint density at radius 3 is 2.43 bits per heavy atom. The van der Waals surface area contributed by atoms with Crippen LogP contribution < -0.4 is 4.90 Å². The van der Waals surface area contributed by atoms with Gasteiger partial charge in [-0.3, -0.25) is 15.0 Å². The first kappa shape index (κ1) is 32.5. The van der Waals surface area contributed by atoms with Crippen molar-refractivity contribution in [1.29, 1.82) is 0 Å². The largest absolute Gasteiger partial charge is 0.465 e. The molecule has 13 nitrogen and oxygen atoms in total. The van der Waals surface area contributed by atoms with Gasteiger partial charge in [0.15, 0.2) is 15.7 Å². The van der Waals surface area contributed by atoms with Crippen molar-refractivity contribution >= 4 is 32.8 Å². The van der Waals surface area contributed by atoms with Gasteiger partial charge in [0.05, 0.1) is 35.6 Å². The Balaban J connectivity index is 1.25. The van der Waals surface area contributed by atoms with Crippen LogP contribution in [0.25, 0.3) is 17.0 Å². The monoisotopic (exact) mass is 661 g/mol. The van der Waals surface area contributed by atoms with E-state index in [1.54, 1.807) is 22.9 Å². The number of hydrogen-bond acceptors (Lipinski definition) is 11. The van der Waals surface area contributed by atoms with Crippen molar-refractivity contribution in [2.24, 2.45) is 10.8 Å². The number of rotatable bonds is 8. The lowest BCUT2D eigenvalue weighted by atomic mass is 9.58. The van der Waals surface area contributed by atoms with Crippen LogP contribution in [0, 0.1) is 20.9 Å². The van der Waals surface area contributed by atoms with Crippen molar-refractivity contribution in [3.63, 3.8) is 0 Å². The van der Waals surface area contributed by atoms with Crippen LogP contribution in [0.1, 0.15) is 43.1 Å². The highest BCUT2D eigenvalue weighted by molar-refractivity contribution is 7.91. The van der Waals surface area contributed by atoms with Gasteiger partial charge in [-0.05, 0) is 46.2 Å². The van der Waals surface area contributed by atoms with Crippen molar-refractivity contribution in [1.82, 2.24) is 25.1 Å². The van der Waals surface area contributed by atoms with Crippen LogP contribution in [0.4, 0.5) is 11.4 Å². The summed E-state index contributed by atoms with van der Waals surface area (Å²) in [6.45, 7) is 9.82. The molecule has 6 rings (SSSR count). The van der Waals surface area contributed by atoms with Crippen molar-refractivity contribution in [2.75, 3.05) is 56.2 Å². The van der Waals surface area contributed by atoms with Crippen LogP contribution in [0.3, 0.4) is 0 Å². The van der Waals surface area contributed by atoms with Gasteiger partial charge in [-0.1, -0.05) is 50.6 Å². The van der Waals surface area contributed by atoms with E-state index < -0.39 is 14.8 Å². The lowest BCUT2D eigenvalue weighted by Crippen LogP contribution is -2.47. The number of carbonyl (C=O) groups is 1. The zero-order valence-corrected chi connectivity index (χ0v) is 27.9. The van der Waals surface area contributed by atoms with E-state index in [2.05, 4.69) is 58.2 Å². The predicted octanol–water partition coefficient (Wildman–Crippen LogP) is 4.03. The molecule has 2 aliphatic heterocycles. The van der Waals surface area contributed by atoms with Crippen LogP contribution >= 0.6 is 0 Å². The van der Waals surface area contributed by atoms with E-state index in [9.17, 15) is 23.3 Å². The number of non-ortho nitro benzene ring substituents is 1. The summed E-state index contributed by atoms with van der Waals surface area (Å²) < 4.78 is 30.1. The Hall–Kier alpha value is -4.43. The molecule has 0 bridgehead atoms. The fraction of sp³-hybridized carbons (Fsp3) is 0.455. The van der Waals surface area contributed by atoms with Crippen molar-refractivity contribution in [2.45, 2.75) is 33.7 Å². The van der Waals surface area contributed by atoms with Gasteiger partial charge in [0.25, 0.3) is 5.69 Å². The summed E-state index contributed by atoms with van der Waals surface area (Å²) in [5.41, 5.74) is 4.79. The lowest BCUT2D eigenvalue weighted by molar-refractivity contribution is -0.384. The maximum atomic E-state index is 12.1. The summed E-state index contributed by atoms with van der Waals surface area (Å²) in [4.78, 5) is 27.9. The second kappa shape index (κ2) is 12.3. The summed E-state index contributed by atoms with van der Waals surface area (Å²) in [5, 5.41) is 24.3. The number of benzene rings is 2. The Morgan fingerprint density at radius 1 is 1.02 bits per heavy atom. The zero-order chi connectivity index (χ0) is 33.6. The van der Waals surface area contributed by atoms with Crippen LogP contribution in [0.15, 0.2) is 60.2 Å². The Labute approximate surface area is 274 Å². The number of aromatic nitrogens is 4. The number of carbonyl (C=O) groups excluding carboxylic acids is 1. The minimum atomic E-state index is -2.98. The molecule has 2 aromatic carbocycles. The first-order chi connectivity index (χ1) is 22.3. The Bertz CT molecular complexity index is 1870. The molecule has 3 aliphatic rings. The van der Waals surface area contributed by atoms with Gasteiger partial charge in [-0.15, -0.1) is 5.10 Å². The molecular weight excluding hydrogens is 622 g/mol. The smallest absolute Gasteiger partial charge is 0.337 e. The molecule has 0 N–H and O–H groups in total. The van der Waals surface area contributed by atoms with Gasteiger partial charge >= 0.3 is 5.97 Å². The Kier molecular flexibility index (Phi) is 8.51. The highest BCUT2D eigenvalue weighted by Crippen LogP contribution is 2.55. The van der Waals surface area contributed by atoms with E-state index >= 15 is 0 Å². The normalized spacial score (nSPS) is 22.2. The number of methoxy groups -OCH3 is 1. The summed E-state index contributed by atoms with van der Waals surface area (Å²) in [6, 6.07) is 12.5. The van der Waals surface area contributed by atoms with E-state index in [0.717, 1.165) is 12.0 Å². The molecule has 3 aromatic rings. The fourth-order valence-corrected chi connectivity index (χ4v) is 8.57. The number of nitro benzene ring substituents is 1. The molecule has 0 spiro atoms. The summed E-state index contributed by atoms with van der Waals surface area (Å²) in [7, 11) is -1.61. The lowest BCUT2D eigenvalue weighted by Gasteiger charge is -2.51. The topological polar surface area (TPSA) is 154 Å². The maximum absolute atomic E-state index is 12.1. The summed E-state index contributed by atoms with van der Waals surface area (Å²) in [6.07, 6.45) is 5.31. The number of anilines is 1. The Morgan fingerprint density at radius 2 is 1.74 bits per heavy atom. The van der Waals surface area contributed by atoms with Crippen LogP contribution in [0.2, 0.25) is 0 Å². The third-order valence-corrected chi connectivity index (χ3v) is 11.4. The number of hydrogen-bond donors (Lipinski definition) is 0. The van der Waals surface area contributed by atoms with Crippen LogP contribution in [0.5, 0.6) is 0 Å². The molecule has 3 heterocycles. The van der Waals surface area contributed by atoms with Crippen molar-refractivity contribution in [3.8, 4) is 11.4 Å². The van der Waals surface area contributed by atoms with E-state index in [1.807, 2.05) is 18.2 Å². The molecule has 47 heavy (non-hydrogen) atoms. The maximum Gasteiger partial charge on any atom is 0.337 e. The summed E-state index contributed by atoms with van der Waals surface area (Å²) >= 11 is 0. The number of fused-ring (bicyclic) bond motifs is 1. The average Bonchev–Trinajstić information content (AvgIpc) is 3.52. The van der Waals surface area contributed by atoms with Gasteiger partial charge in [0.1, 0.15) is 0 Å². The highest BCUT2D eigenvalue weighted by atomic mass is 32.2.